The van der Waals surface area contributed by atoms with Crippen LogP contribution in [0.4, 0.5) is 0 Å². The number of phenolic OH excluding ortho intramolecular Hbond substituents is 2. The van der Waals surface area contributed by atoms with Gasteiger partial charge in [-0.05, 0) is 24.6 Å². The van der Waals surface area contributed by atoms with Crippen LogP contribution in [0.15, 0.2) is 41.7 Å². The second-order valence-electron chi connectivity index (χ2n) is 8.71. The number of hydrogen-bond acceptors (Lipinski definition) is 13. The monoisotopic (exact) mass is 540 g/mol. The zero-order valence-electron chi connectivity index (χ0n) is 20.8. The second kappa shape index (κ2) is 13.0. The highest BCUT2D eigenvalue weighted by atomic mass is 16.8. The molecule has 0 spiro atoms. The van der Waals surface area contributed by atoms with E-state index in [1.165, 1.54) is 12.1 Å². The van der Waals surface area contributed by atoms with E-state index in [-0.39, 0.29) is 36.5 Å². The summed E-state index contributed by atoms with van der Waals surface area (Å²) >= 11 is 0. The van der Waals surface area contributed by atoms with Crippen molar-refractivity contribution in [3.05, 3.63) is 47.2 Å². The van der Waals surface area contributed by atoms with Crippen LogP contribution in [0.5, 0.6) is 11.5 Å². The van der Waals surface area contributed by atoms with Crippen molar-refractivity contribution >= 4 is 11.9 Å². The molecule has 2 unspecified atom stereocenters. The van der Waals surface area contributed by atoms with E-state index in [9.17, 15) is 40.2 Å². The summed E-state index contributed by atoms with van der Waals surface area (Å²) in [4.78, 5) is 25.1. The smallest absolute Gasteiger partial charge is 0.337 e. The third kappa shape index (κ3) is 6.62. The minimum atomic E-state index is -1.69. The lowest BCUT2D eigenvalue weighted by molar-refractivity contribution is -0.327. The molecule has 2 aliphatic rings. The minimum Gasteiger partial charge on any atom is -0.504 e. The molecule has 7 atom stereocenters. The topological polar surface area (TPSA) is 202 Å². The predicted molar refractivity (Wildman–Crippen MR) is 126 cm³/mol. The maximum Gasteiger partial charge on any atom is 0.337 e. The molecule has 38 heavy (non-hydrogen) atoms. The first-order valence-electron chi connectivity index (χ1n) is 11.8. The van der Waals surface area contributed by atoms with Gasteiger partial charge in [-0.3, -0.25) is 4.79 Å². The van der Waals surface area contributed by atoms with Crippen LogP contribution < -0.4 is 0 Å². The van der Waals surface area contributed by atoms with Crippen molar-refractivity contribution in [2.75, 3.05) is 20.3 Å². The van der Waals surface area contributed by atoms with Gasteiger partial charge in [-0.2, -0.15) is 0 Å². The van der Waals surface area contributed by atoms with Gasteiger partial charge in [-0.25, -0.2) is 4.79 Å². The Labute approximate surface area is 218 Å². The molecule has 6 N–H and O–H groups in total. The third-order valence-corrected chi connectivity index (χ3v) is 6.29. The van der Waals surface area contributed by atoms with Gasteiger partial charge >= 0.3 is 11.9 Å². The third-order valence-electron chi connectivity index (χ3n) is 6.29. The molecule has 2 heterocycles. The molecule has 0 aromatic heterocycles. The SMILES string of the molecule is C/C=C1\C(O[C@@H]2O[C@H](CO)[C@@H](O)[C@H](O)[C@H]2O)OC=C(C(=O)OC)C1CC(=O)OCCc1ccc(O)c(O)c1. The maximum atomic E-state index is 12.7. The van der Waals surface area contributed by atoms with E-state index in [1.807, 2.05) is 0 Å². The van der Waals surface area contributed by atoms with Crippen molar-refractivity contribution in [1.29, 1.82) is 0 Å². The highest BCUT2D eigenvalue weighted by Gasteiger charge is 2.46. The van der Waals surface area contributed by atoms with Crippen LogP contribution in [0.2, 0.25) is 0 Å². The molecule has 1 aromatic rings. The number of carbonyl (C=O) groups excluding carboxylic acids is 2. The van der Waals surface area contributed by atoms with Gasteiger partial charge in [0.15, 0.2) is 17.8 Å². The van der Waals surface area contributed by atoms with Gasteiger partial charge in [-0.1, -0.05) is 12.1 Å². The summed E-state index contributed by atoms with van der Waals surface area (Å²) in [7, 11) is 1.16. The first kappa shape index (κ1) is 29.4. The van der Waals surface area contributed by atoms with Crippen molar-refractivity contribution in [1.82, 2.24) is 0 Å². The number of benzene rings is 1. The molecule has 210 valence electrons. The molecule has 0 bridgehead atoms. The number of phenols is 2. The average molecular weight is 541 g/mol. The van der Waals surface area contributed by atoms with Crippen LogP contribution in [-0.4, -0.2) is 99.9 Å². The largest absolute Gasteiger partial charge is 0.504 e. The van der Waals surface area contributed by atoms with Crippen molar-refractivity contribution < 1.29 is 63.9 Å². The molecular formula is C25H32O13. The summed E-state index contributed by atoms with van der Waals surface area (Å²) in [5.41, 5.74) is 0.927. The first-order valence-corrected chi connectivity index (χ1v) is 11.8. The molecule has 1 aromatic carbocycles. The van der Waals surface area contributed by atoms with E-state index >= 15 is 0 Å². The van der Waals surface area contributed by atoms with Crippen molar-refractivity contribution in [2.45, 2.75) is 56.8 Å². The lowest BCUT2D eigenvalue weighted by Crippen LogP contribution is -2.60. The molecule has 0 radical (unpaired) electrons. The Morgan fingerprint density at radius 1 is 1.08 bits per heavy atom. The fourth-order valence-corrected chi connectivity index (χ4v) is 4.16. The molecule has 13 nitrogen and oxygen atoms in total. The maximum absolute atomic E-state index is 12.7. The molecule has 0 amide bonds. The highest BCUT2D eigenvalue weighted by molar-refractivity contribution is 5.90. The second-order valence-corrected chi connectivity index (χ2v) is 8.71. The Kier molecular flexibility index (Phi) is 10.1. The molecule has 3 rings (SSSR count). The molecule has 0 aliphatic carbocycles. The quantitative estimate of drug-likeness (QED) is 0.131. The summed E-state index contributed by atoms with van der Waals surface area (Å²) in [5, 5.41) is 58.8. The predicted octanol–water partition coefficient (Wildman–Crippen LogP) is -0.634. The number of ether oxygens (including phenoxy) is 5. The average Bonchev–Trinajstić information content (AvgIpc) is 2.90. The number of rotatable bonds is 9. The fourth-order valence-electron chi connectivity index (χ4n) is 4.16. The van der Waals surface area contributed by atoms with Gasteiger partial charge in [0, 0.05) is 17.9 Å². The van der Waals surface area contributed by atoms with Crippen molar-refractivity contribution in [3.63, 3.8) is 0 Å². The van der Waals surface area contributed by atoms with E-state index < -0.39 is 61.5 Å². The van der Waals surface area contributed by atoms with Gasteiger partial charge in [-0.15, -0.1) is 0 Å². The van der Waals surface area contributed by atoms with E-state index in [0.717, 1.165) is 13.4 Å². The minimum absolute atomic E-state index is 0.00894. The standard InChI is InChI=1S/C25H32O13/c1-3-13-14(9-19(29)35-7-6-12-4-5-16(27)17(28)8-12)15(23(33)34-2)11-36-24(13)38-25-22(32)21(31)20(30)18(10-26)37-25/h3-5,8,11,14,18,20-22,24-28,30-32H,6-7,9-10H2,1-2H3/b13-3-/t14?,18-,20-,21+,22-,24?,25+/m1/s1. The molecule has 2 aliphatic heterocycles. The number of aliphatic hydroxyl groups excluding tert-OH is 4. The van der Waals surface area contributed by atoms with Crippen molar-refractivity contribution in [2.24, 2.45) is 5.92 Å². The fraction of sp³-hybridized carbons (Fsp3) is 0.520. The molecule has 1 fully saturated rings. The van der Waals surface area contributed by atoms with Gasteiger partial charge in [0.2, 0.25) is 6.29 Å². The normalized spacial score (nSPS) is 30.3. The van der Waals surface area contributed by atoms with Gasteiger partial charge in [0.05, 0.1) is 38.6 Å². The Morgan fingerprint density at radius 3 is 2.45 bits per heavy atom. The van der Waals surface area contributed by atoms with Gasteiger partial charge < -0.3 is 54.3 Å². The lowest BCUT2D eigenvalue weighted by Gasteiger charge is -2.41. The Morgan fingerprint density at radius 2 is 1.82 bits per heavy atom. The first-order chi connectivity index (χ1) is 18.1. The van der Waals surface area contributed by atoms with Crippen LogP contribution in [-0.2, 0) is 39.7 Å². The van der Waals surface area contributed by atoms with E-state index in [2.05, 4.69) is 0 Å². The molecule has 0 saturated carbocycles. The number of aromatic hydroxyl groups is 2. The highest BCUT2D eigenvalue weighted by Crippen LogP contribution is 2.36. The van der Waals surface area contributed by atoms with Crippen LogP contribution in [0.1, 0.15) is 18.9 Å². The number of allylic oxidation sites excluding steroid dienone is 1. The number of carbonyl (C=O) groups is 2. The van der Waals surface area contributed by atoms with Crippen LogP contribution in [0.25, 0.3) is 0 Å². The number of methoxy groups -OCH3 is 1. The Bertz CT molecular complexity index is 1050. The zero-order chi connectivity index (χ0) is 28.0. The molecule has 13 heteroatoms. The molecule has 1 saturated heterocycles. The van der Waals surface area contributed by atoms with Crippen LogP contribution in [0.3, 0.4) is 0 Å². The summed E-state index contributed by atoms with van der Waals surface area (Å²) < 4.78 is 26.7. The van der Waals surface area contributed by atoms with Gasteiger partial charge in [0.1, 0.15) is 24.4 Å². The van der Waals surface area contributed by atoms with Gasteiger partial charge in [0.25, 0.3) is 0 Å². The van der Waals surface area contributed by atoms with Crippen LogP contribution >= 0.6 is 0 Å². The summed E-state index contributed by atoms with van der Waals surface area (Å²) in [6, 6.07) is 4.23. The van der Waals surface area contributed by atoms with E-state index in [0.29, 0.717) is 11.1 Å². The Balaban J connectivity index is 1.71. The zero-order valence-corrected chi connectivity index (χ0v) is 20.8. The lowest BCUT2D eigenvalue weighted by atomic mass is 9.86. The molecular weight excluding hydrogens is 508 g/mol. The summed E-state index contributed by atoms with van der Waals surface area (Å²) in [6.07, 6.45) is -6.39. The van der Waals surface area contributed by atoms with Crippen molar-refractivity contribution in [3.8, 4) is 11.5 Å². The number of esters is 2. The number of hydrogen-bond donors (Lipinski definition) is 6. The number of aliphatic hydroxyl groups is 4. The van der Waals surface area contributed by atoms with Crippen LogP contribution in [0, 0.1) is 5.92 Å². The Hall–Kier alpha value is -3.20. The summed E-state index contributed by atoms with van der Waals surface area (Å²) in [5.74, 6) is -2.89. The summed E-state index contributed by atoms with van der Waals surface area (Å²) in [6.45, 7) is 0.912. The van der Waals surface area contributed by atoms with E-state index in [1.54, 1.807) is 19.1 Å². The van der Waals surface area contributed by atoms with E-state index in [4.69, 9.17) is 23.7 Å².